The van der Waals surface area contributed by atoms with E-state index in [0.717, 1.165) is 0 Å². The van der Waals surface area contributed by atoms with E-state index in [-0.39, 0.29) is 12.2 Å². The second-order valence-electron chi connectivity index (χ2n) is 3.06. The van der Waals surface area contributed by atoms with Gasteiger partial charge >= 0.3 is 5.97 Å². The van der Waals surface area contributed by atoms with Gasteiger partial charge in [0, 0.05) is 18.1 Å². The van der Waals surface area contributed by atoms with Crippen molar-refractivity contribution in [2.75, 3.05) is 6.54 Å². The Hall–Kier alpha value is -1.13. The summed E-state index contributed by atoms with van der Waals surface area (Å²) in [5.74, 6) is -1.22. The van der Waals surface area contributed by atoms with Crippen molar-refractivity contribution in [3.05, 3.63) is 34.6 Å². The van der Waals surface area contributed by atoms with Crippen molar-refractivity contribution >= 4 is 17.6 Å². The first-order chi connectivity index (χ1) is 7.09. The number of halogens is 2. The van der Waals surface area contributed by atoms with E-state index < -0.39 is 5.97 Å². The Kier molecular flexibility index (Phi) is 4.52. The number of carboxylic acid groups (broad SMARTS) is 1. The van der Waals surface area contributed by atoms with Crippen LogP contribution in [0.25, 0.3) is 0 Å². The minimum atomic E-state index is -0.868. The number of carboxylic acids is 1. The number of nitrogens with one attached hydrogen (secondary N) is 1. The average molecular weight is 232 g/mol. The third-order valence-electron chi connectivity index (χ3n) is 1.84. The molecule has 0 unspecified atom stereocenters. The topological polar surface area (TPSA) is 49.3 Å². The summed E-state index contributed by atoms with van der Waals surface area (Å²) in [4.78, 5) is 10.2. The standard InChI is InChI=1S/C10H11ClFNO2/c11-9-2-1-8(12)5-7(9)6-13-4-3-10(14)15/h1-2,5,13H,3-4,6H2,(H,14,15). The van der Waals surface area contributed by atoms with Gasteiger partial charge in [-0.3, -0.25) is 4.79 Å². The number of hydrogen-bond donors (Lipinski definition) is 2. The van der Waals surface area contributed by atoms with Crippen molar-refractivity contribution in [2.45, 2.75) is 13.0 Å². The van der Waals surface area contributed by atoms with E-state index in [9.17, 15) is 9.18 Å². The molecule has 0 spiro atoms. The Labute approximate surface area is 91.9 Å². The van der Waals surface area contributed by atoms with Crippen LogP contribution in [0.2, 0.25) is 5.02 Å². The largest absolute Gasteiger partial charge is 0.481 e. The first-order valence-electron chi connectivity index (χ1n) is 4.46. The van der Waals surface area contributed by atoms with Crippen LogP contribution in [0.4, 0.5) is 4.39 Å². The van der Waals surface area contributed by atoms with Gasteiger partial charge in [0.05, 0.1) is 6.42 Å². The maximum Gasteiger partial charge on any atom is 0.304 e. The summed E-state index contributed by atoms with van der Waals surface area (Å²) in [7, 11) is 0. The second-order valence-corrected chi connectivity index (χ2v) is 3.46. The summed E-state index contributed by atoms with van der Waals surface area (Å²) < 4.78 is 12.8. The van der Waals surface area contributed by atoms with Crippen molar-refractivity contribution in [3.63, 3.8) is 0 Å². The molecule has 0 bridgehead atoms. The smallest absolute Gasteiger partial charge is 0.304 e. The maximum atomic E-state index is 12.8. The minimum Gasteiger partial charge on any atom is -0.481 e. The van der Waals surface area contributed by atoms with Gasteiger partial charge in [-0.25, -0.2) is 4.39 Å². The predicted octanol–water partition coefficient (Wildman–Crippen LogP) is 2.04. The lowest BCUT2D eigenvalue weighted by Gasteiger charge is -2.05. The molecule has 0 radical (unpaired) electrons. The fourth-order valence-electron chi connectivity index (χ4n) is 1.10. The van der Waals surface area contributed by atoms with E-state index >= 15 is 0 Å². The highest BCUT2D eigenvalue weighted by Gasteiger charge is 2.02. The fourth-order valence-corrected chi connectivity index (χ4v) is 1.28. The normalized spacial score (nSPS) is 10.3. The summed E-state index contributed by atoms with van der Waals surface area (Å²) in [6, 6.07) is 4.09. The average Bonchev–Trinajstić information content (AvgIpc) is 2.17. The first kappa shape index (κ1) is 11.9. The molecule has 5 heteroatoms. The molecule has 1 rings (SSSR count). The number of carbonyl (C=O) groups is 1. The monoisotopic (exact) mass is 231 g/mol. The van der Waals surface area contributed by atoms with Gasteiger partial charge in [-0.05, 0) is 23.8 Å². The summed E-state index contributed by atoms with van der Waals surface area (Å²) >= 11 is 5.81. The molecular weight excluding hydrogens is 221 g/mol. The molecule has 0 aliphatic carbocycles. The van der Waals surface area contributed by atoms with Gasteiger partial charge in [0.1, 0.15) is 5.82 Å². The summed E-state index contributed by atoms with van der Waals surface area (Å²) in [6.07, 6.45) is 0.0347. The number of rotatable bonds is 5. The molecule has 82 valence electrons. The van der Waals surface area contributed by atoms with Crippen LogP contribution < -0.4 is 5.32 Å². The lowest BCUT2D eigenvalue weighted by molar-refractivity contribution is -0.136. The molecule has 0 atom stereocenters. The van der Waals surface area contributed by atoms with Crippen LogP contribution in [0, 0.1) is 5.82 Å². The van der Waals surface area contributed by atoms with E-state index in [4.69, 9.17) is 16.7 Å². The van der Waals surface area contributed by atoms with Gasteiger partial charge in [-0.1, -0.05) is 11.6 Å². The molecule has 3 nitrogen and oxygen atoms in total. The van der Waals surface area contributed by atoms with E-state index in [1.165, 1.54) is 18.2 Å². The van der Waals surface area contributed by atoms with Gasteiger partial charge in [0.15, 0.2) is 0 Å². The van der Waals surface area contributed by atoms with E-state index in [2.05, 4.69) is 5.32 Å². The van der Waals surface area contributed by atoms with Gasteiger partial charge in [0.2, 0.25) is 0 Å². The lowest BCUT2D eigenvalue weighted by atomic mass is 10.2. The van der Waals surface area contributed by atoms with Gasteiger partial charge in [-0.15, -0.1) is 0 Å². The van der Waals surface area contributed by atoms with Crippen LogP contribution >= 0.6 is 11.6 Å². The van der Waals surface area contributed by atoms with Crippen LogP contribution in [0.5, 0.6) is 0 Å². The molecular formula is C10H11ClFNO2. The Balaban J connectivity index is 2.43. The Bertz CT molecular complexity index is 357. The highest BCUT2D eigenvalue weighted by atomic mass is 35.5. The predicted molar refractivity (Wildman–Crippen MR) is 55.4 cm³/mol. The van der Waals surface area contributed by atoms with Crippen molar-refractivity contribution in [2.24, 2.45) is 0 Å². The van der Waals surface area contributed by atoms with Gasteiger partial charge < -0.3 is 10.4 Å². The Morgan fingerprint density at radius 3 is 2.93 bits per heavy atom. The van der Waals surface area contributed by atoms with Crippen LogP contribution in [0.15, 0.2) is 18.2 Å². The molecule has 0 aliphatic heterocycles. The SMILES string of the molecule is O=C(O)CCNCc1cc(F)ccc1Cl. The quantitative estimate of drug-likeness (QED) is 0.763. The van der Waals surface area contributed by atoms with Crippen LogP contribution in [-0.4, -0.2) is 17.6 Å². The van der Waals surface area contributed by atoms with Crippen molar-refractivity contribution in [3.8, 4) is 0 Å². The zero-order valence-corrected chi connectivity index (χ0v) is 8.72. The highest BCUT2D eigenvalue weighted by Crippen LogP contribution is 2.16. The zero-order valence-electron chi connectivity index (χ0n) is 7.96. The fraction of sp³-hybridized carbons (Fsp3) is 0.300. The molecule has 0 aromatic heterocycles. The summed E-state index contributed by atoms with van der Waals surface area (Å²) in [5, 5.41) is 11.7. The van der Waals surface area contributed by atoms with E-state index in [0.29, 0.717) is 23.7 Å². The third kappa shape index (κ3) is 4.27. The van der Waals surface area contributed by atoms with Crippen LogP contribution in [-0.2, 0) is 11.3 Å². The maximum absolute atomic E-state index is 12.8. The molecule has 1 aromatic rings. The van der Waals surface area contributed by atoms with Crippen LogP contribution in [0.1, 0.15) is 12.0 Å². The molecule has 15 heavy (non-hydrogen) atoms. The highest BCUT2D eigenvalue weighted by molar-refractivity contribution is 6.31. The first-order valence-corrected chi connectivity index (χ1v) is 4.84. The van der Waals surface area contributed by atoms with Gasteiger partial charge in [-0.2, -0.15) is 0 Å². The van der Waals surface area contributed by atoms with Crippen LogP contribution in [0.3, 0.4) is 0 Å². The zero-order chi connectivity index (χ0) is 11.3. The molecule has 0 aliphatic rings. The molecule has 0 saturated carbocycles. The molecule has 0 amide bonds. The molecule has 0 saturated heterocycles. The van der Waals surface area contributed by atoms with Crippen molar-refractivity contribution in [1.29, 1.82) is 0 Å². The molecule has 2 N–H and O–H groups in total. The molecule has 0 heterocycles. The summed E-state index contributed by atoms with van der Waals surface area (Å²) in [6.45, 7) is 0.700. The van der Waals surface area contributed by atoms with Gasteiger partial charge in [0.25, 0.3) is 0 Å². The molecule has 1 aromatic carbocycles. The molecule has 0 fully saturated rings. The second kappa shape index (κ2) is 5.68. The number of benzene rings is 1. The van der Waals surface area contributed by atoms with E-state index in [1.807, 2.05) is 0 Å². The minimum absolute atomic E-state index is 0.0347. The summed E-state index contributed by atoms with van der Waals surface area (Å²) in [5.41, 5.74) is 0.627. The number of hydrogen-bond acceptors (Lipinski definition) is 2. The number of aliphatic carboxylic acids is 1. The van der Waals surface area contributed by atoms with Crippen molar-refractivity contribution in [1.82, 2.24) is 5.32 Å². The lowest BCUT2D eigenvalue weighted by Crippen LogP contribution is -2.17. The third-order valence-corrected chi connectivity index (χ3v) is 2.21. The Morgan fingerprint density at radius 1 is 1.53 bits per heavy atom. The Morgan fingerprint density at radius 2 is 2.27 bits per heavy atom. The van der Waals surface area contributed by atoms with Crippen molar-refractivity contribution < 1.29 is 14.3 Å². The van der Waals surface area contributed by atoms with E-state index in [1.54, 1.807) is 0 Å².